The summed E-state index contributed by atoms with van der Waals surface area (Å²) in [7, 11) is 0. The van der Waals surface area contributed by atoms with Gasteiger partial charge in [0.1, 0.15) is 5.75 Å². The minimum Gasteiger partial charge on any atom is -0.493 e. The molecule has 0 saturated carbocycles. The molecule has 3 rings (SSSR count). The standard InChI is InChI=1S/C18H27NO2/c1-14(20)12-16-6-4-5-10-19(16)13-15-9-11-21-18-8-3-2-7-17(15)18/h2-3,7-8,14-16,20H,4-6,9-13H2,1H3. The largest absolute Gasteiger partial charge is 0.493 e. The predicted octanol–water partition coefficient (Wildman–Crippen LogP) is 3.18. The van der Waals surface area contributed by atoms with Crippen molar-refractivity contribution in [2.75, 3.05) is 19.7 Å². The van der Waals surface area contributed by atoms with Crippen LogP contribution < -0.4 is 4.74 Å². The lowest BCUT2D eigenvalue weighted by Gasteiger charge is -2.39. The Bertz CT molecular complexity index is 460. The number of likely N-dealkylation sites (tertiary alicyclic amines) is 1. The average molecular weight is 289 g/mol. The molecule has 0 bridgehead atoms. The molecule has 0 aromatic heterocycles. The highest BCUT2D eigenvalue weighted by atomic mass is 16.5. The molecule has 3 heteroatoms. The van der Waals surface area contributed by atoms with E-state index in [9.17, 15) is 5.11 Å². The first kappa shape index (κ1) is 14.9. The highest BCUT2D eigenvalue weighted by Gasteiger charge is 2.29. The number of aliphatic hydroxyl groups excluding tert-OH is 1. The molecule has 3 unspecified atom stereocenters. The number of benzene rings is 1. The smallest absolute Gasteiger partial charge is 0.122 e. The molecule has 2 aliphatic heterocycles. The minimum absolute atomic E-state index is 0.197. The van der Waals surface area contributed by atoms with Gasteiger partial charge < -0.3 is 9.84 Å². The van der Waals surface area contributed by atoms with Crippen LogP contribution in [0.5, 0.6) is 5.75 Å². The Morgan fingerprint density at radius 2 is 2.14 bits per heavy atom. The summed E-state index contributed by atoms with van der Waals surface area (Å²) in [6.07, 6.45) is 5.65. The molecule has 2 heterocycles. The predicted molar refractivity (Wildman–Crippen MR) is 84.8 cm³/mol. The zero-order valence-corrected chi connectivity index (χ0v) is 13.0. The van der Waals surface area contributed by atoms with Gasteiger partial charge in [-0.25, -0.2) is 0 Å². The van der Waals surface area contributed by atoms with Crippen molar-refractivity contribution in [1.82, 2.24) is 4.90 Å². The summed E-state index contributed by atoms with van der Waals surface area (Å²) in [5, 5.41) is 9.74. The van der Waals surface area contributed by atoms with Gasteiger partial charge >= 0.3 is 0 Å². The van der Waals surface area contributed by atoms with Crippen molar-refractivity contribution in [3.63, 3.8) is 0 Å². The number of ether oxygens (including phenoxy) is 1. The van der Waals surface area contributed by atoms with Crippen LogP contribution in [0, 0.1) is 0 Å². The van der Waals surface area contributed by atoms with Crippen LogP contribution in [0.2, 0.25) is 0 Å². The van der Waals surface area contributed by atoms with E-state index in [4.69, 9.17) is 4.74 Å². The van der Waals surface area contributed by atoms with Crippen molar-refractivity contribution in [2.24, 2.45) is 0 Å². The van der Waals surface area contributed by atoms with Gasteiger partial charge in [0.2, 0.25) is 0 Å². The number of hydrogen-bond donors (Lipinski definition) is 1. The molecule has 3 nitrogen and oxygen atoms in total. The summed E-state index contributed by atoms with van der Waals surface area (Å²) < 4.78 is 5.78. The molecule has 0 radical (unpaired) electrons. The van der Waals surface area contributed by atoms with E-state index in [1.54, 1.807) is 0 Å². The second kappa shape index (κ2) is 6.80. The summed E-state index contributed by atoms with van der Waals surface area (Å²) >= 11 is 0. The van der Waals surface area contributed by atoms with E-state index in [0.717, 1.165) is 31.7 Å². The fraction of sp³-hybridized carbons (Fsp3) is 0.667. The average Bonchev–Trinajstić information content (AvgIpc) is 2.49. The Morgan fingerprint density at radius 1 is 1.29 bits per heavy atom. The maximum absolute atomic E-state index is 9.74. The van der Waals surface area contributed by atoms with Gasteiger partial charge in [0, 0.05) is 18.5 Å². The summed E-state index contributed by atoms with van der Waals surface area (Å²) in [4.78, 5) is 2.61. The topological polar surface area (TPSA) is 32.7 Å². The lowest BCUT2D eigenvalue weighted by Crippen LogP contribution is -2.43. The van der Waals surface area contributed by atoms with Crippen LogP contribution in [0.4, 0.5) is 0 Å². The van der Waals surface area contributed by atoms with Gasteiger partial charge in [0.25, 0.3) is 0 Å². The van der Waals surface area contributed by atoms with E-state index in [0.29, 0.717) is 12.0 Å². The SMILES string of the molecule is CC(O)CC1CCCCN1CC1CCOc2ccccc21. The van der Waals surface area contributed by atoms with Crippen molar-refractivity contribution in [3.05, 3.63) is 29.8 Å². The van der Waals surface area contributed by atoms with Crippen LogP contribution >= 0.6 is 0 Å². The Balaban J connectivity index is 1.70. The quantitative estimate of drug-likeness (QED) is 0.924. The summed E-state index contributed by atoms with van der Waals surface area (Å²) in [5.74, 6) is 1.64. The summed E-state index contributed by atoms with van der Waals surface area (Å²) in [5.41, 5.74) is 1.37. The second-order valence-electron chi connectivity index (χ2n) is 6.60. The monoisotopic (exact) mass is 289 g/mol. The molecule has 1 aromatic carbocycles. The van der Waals surface area contributed by atoms with Crippen molar-refractivity contribution < 1.29 is 9.84 Å². The first-order chi connectivity index (χ1) is 10.2. The minimum atomic E-state index is -0.197. The maximum Gasteiger partial charge on any atom is 0.122 e. The van der Waals surface area contributed by atoms with Crippen LogP contribution in [0.25, 0.3) is 0 Å². The zero-order valence-electron chi connectivity index (χ0n) is 13.0. The van der Waals surface area contributed by atoms with Crippen LogP contribution in [0.15, 0.2) is 24.3 Å². The van der Waals surface area contributed by atoms with Gasteiger partial charge in [0.15, 0.2) is 0 Å². The molecule has 2 aliphatic rings. The zero-order chi connectivity index (χ0) is 14.7. The molecule has 116 valence electrons. The van der Waals surface area contributed by atoms with Gasteiger partial charge in [-0.05, 0) is 50.8 Å². The van der Waals surface area contributed by atoms with Gasteiger partial charge in [-0.1, -0.05) is 24.6 Å². The number of hydrogen-bond acceptors (Lipinski definition) is 3. The molecule has 1 fully saturated rings. The number of para-hydroxylation sites is 1. The van der Waals surface area contributed by atoms with Crippen molar-refractivity contribution in [3.8, 4) is 5.75 Å². The third-order valence-corrected chi connectivity index (χ3v) is 4.90. The number of piperidine rings is 1. The van der Waals surface area contributed by atoms with E-state index in [-0.39, 0.29) is 6.10 Å². The van der Waals surface area contributed by atoms with Gasteiger partial charge in [-0.3, -0.25) is 4.90 Å². The molecule has 3 atom stereocenters. The third kappa shape index (κ3) is 3.58. The van der Waals surface area contributed by atoms with E-state index < -0.39 is 0 Å². The fourth-order valence-electron chi connectivity index (χ4n) is 3.85. The first-order valence-corrected chi connectivity index (χ1v) is 8.38. The third-order valence-electron chi connectivity index (χ3n) is 4.90. The van der Waals surface area contributed by atoms with Crippen LogP contribution in [-0.2, 0) is 0 Å². The van der Waals surface area contributed by atoms with Crippen molar-refractivity contribution in [1.29, 1.82) is 0 Å². The fourth-order valence-corrected chi connectivity index (χ4v) is 3.85. The Hall–Kier alpha value is -1.06. The number of nitrogens with zero attached hydrogens (tertiary/aromatic N) is 1. The number of aliphatic hydroxyl groups is 1. The van der Waals surface area contributed by atoms with Crippen molar-refractivity contribution in [2.45, 2.75) is 57.1 Å². The summed E-state index contributed by atoms with van der Waals surface area (Å²) in [6.45, 7) is 5.03. The lowest BCUT2D eigenvalue weighted by atomic mass is 9.90. The van der Waals surface area contributed by atoms with Gasteiger partial charge in [-0.2, -0.15) is 0 Å². The Morgan fingerprint density at radius 3 is 3.00 bits per heavy atom. The first-order valence-electron chi connectivity index (χ1n) is 8.38. The van der Waals surface area contributed by atoms with Crippen LogP contribution in [0.1, 0.15) is 50.5 Å². The highest BCUT2D eigenvalue weighted by molar-refractivity contribution is 5.38. The van der Waals surface area contributed by atoms with E-state index in [1.807, 2.05) is 6.92 Å². The van der Waals surface area contributed by atoms with E-state index in [2.05, 4.69) is 29.2 Å². The van der Waals surface area contributed by atoms with Crippen LogP contribution in [0.3, 0.4) is 0 Å². The second-order valence-corrected chi connectivity index (χ2v) is 6.60. The molecule has 0 spiro atoms. The van der Waals surface area contributed by atoms with Gasteiger partial charge in [-0.15, -0.1) is 0 Å². The number of rotatable bonds is 4. The van der Waals surface area contributed by atoms with E-state index >= 15 is 0 Å². The molecular weight excluding hydrogens is 262 g/mol. The highest BCUT2D eigenvalue weighted by Crippen LogP contribution is 2.35. The Labute approximate surface area is 127 Å². The van der Waals surface area contributed by atoms with E-state index in [1.165, 1.54) is 31.4 Å². The summed E-state index contributed by atoms with van der Waals surface area (Å²) in [6, 6.07) is 9.02. The molecule has 0 aliphatic carbocycles. The maximum atomic E-state index is 9.74. The molecule has 21 heavy (non-hydrogen) atoms. The Kier molecular flexibility index (Phi) is 4.81. The molecule has 1 N–H and O–H groups in total. The molecular formula is C18H27NO2. The normalized spacial score (nSPS) is 27.7. The van der Waals surface area contributed by atoms with Crippen LogP contribution in [-0.4, -0.2) is 41.8 Å². The molecule has 0 amide bonds. The molecule has 1 saturated heterocycles. The van der Waals surface area contributed by atoms with Crippen molar-refractivity contribution >= 4 is 0 Å². The lowest BCUT2D eigenvalue weighted by molar-refractivity contribution is 0.0780. The number of fused-ring (bicyclic) bond motifs is 1. The van der Waals surface area contributed by atoms with Gasteiger partial charge in [0.05, 0.1) is 12.7 Å². The molecule has 1 aromatic rings.